The Hall–Kier alpha value is -2.87. The number of benzene rings is 1. The van der Waals surface area contributed by atoms with Crippen molar-refractivity contribution in [2.45, 2.75) is 45.9 Å². The first-order valence-electron chi connectivity index (χ1n) is 8.86. The number of aromatic nitrogens is 2. The molecule has 8 nitrogen and oxygen atoms in total. The lowest BCUT2D eigenvalue weighted by molar-refractivity contribution is -0.124. The van der Waals surface area contributed by atoms with Crippen LogP contribution < -0.4 is 16.0 Å². The monoisotopic (exact) mass is 373 g/mol. The quantitative estimate of drug-likeness (QED) is 0.661. The molecule has 2 atom stereocenters. The van der Waals surface area contributed by atoms with Gasteiger partial charge in [0.15, 0.2) is 0 Å². The molecular formula is C19H27N5O3. The molecule has 0 bridgehead atoms. The van der Waals surface area contributed by atoms with E-state index in [-0.39, 0.29) is 17.9 Å². The van der Waals surface area contributed by atoms with Crippen LogP contribution in [-0.4, -0.2) is 40.9 Å². The van der Waals surface area contributed by atoms with Crippen LogP contribution in [0.1, 0.15) is 33.7 Å². The summed E-state index contributed by atoms with van der Waals surface area (Å²) in [6.45, 7) is 7.43. The number of rotatable bonds is 8. The normalized spacial score (nSPS) is 13.1. The highest BCUT2D eigenvalue weighted by molar-refractivity contribution is 5.96. The van der Waals surface area contributed by atoms with Crippen molar-refractivity contribution >= 4 is 29.0 Å². The van der Waals surface area contributed by atoms with E-state index in [1.54, 1.807) is 49.0 Å². The van der Waals surface area contributed by atoms with Crippen LogP contribution in [-0.2, 0) is 14.3 Å². The van der Waals surface area contributed by atoms with Gasteiger partial charge in [0.2, 0.25) is 5.91 Å². The van der Waals surface area contributed by atoms with E-state index in [4.69, 9.17) is 4.74 Å². The molecule has 2 aromatic rings. The van der Waals surface area contributed by atoms with Gasteiger partial charge < -0.3 is 20.7 Å². The zero-order valence-electron chi connectivity index (χ0n) is 16.3. The van der Waals surface area contributed by atoms with Gasteiger partial charge in [-0.15, -0.1) is 0 Å². The lowest BCUT2D eigenvalue weighted by atomic mass is 10.2. The van der Waals surface area contributed by atoms with Gasteiger partial charge in [-0.25, -0.2) is 4.68 Å². The predicted molar refractivity (Wildman–Crippen MR) is 106 cm³/mol. The van der Waals surface area contributed by atoms with E-state index < -0.39 is 12.1 Å². The van der Waals surface area contributed by atoms with E-state index in [2.05, 4.69) is 21.0 Å². The van der Waals surface area contributed by atoms with Crippen molar-refractivity contribution in [3.8, 4) is 0 Å². The molecule has 0 spiro atoms. The van der Waals surface area contributed by atoms with Gasteiger partial charge >= 0.3 is 0 Å². The number of methoxy groups -OCH3 is 1. The highest BCUT2D eigenvalue weighted by atomic mass is 16.5. The van der Waals surface area contributed by atoms with Crippen molar-refractivity contribution in [3.63, 3.8) is 0 Å². The molecule has 0 saturated heterocycles. The van der Waals surface area contributed by atoms with Gasteiger partial charge in [0.05, 0.1) is 6.20 Å². The van der Waals surface area contributed by atoms with Crippen molar-refractivity contribution in [3.05, 3.63) is 36.5 Å². The van der Waals surface area contributed by atoms with Crippen LogP contribution in [0.3, 0.4) is 0 Å². The number of amides is 2. The molecule has 8 heteroatoms. The molecule has 0 fully saturated rings. The number of hydrogen-bond acceptors (Lipinski definition) is 5. The van der Waals surface area contributed by atoms with Crippen LogP contribution in [0.4, 0.5) is 17.2 Å². The largest absolute Gasteiger partial charge is 0.374 e. The maximum Gasteiger partial charge on any atom is 0.253 e. The van der Waals surface area contributed by atoms with Gasteiger partial charge in [-0.05, 0) is 45.9 Å². The number of carbonyl (C=O) groups is 2. The molecule has 146 valence electrons. The Morgan fingerprint density at radius 3 is 2.41 bits per heavy atom. The minimum atomic E-state index is -0.544. The Kier molecular flexibility index (Phi) is 6.95. The van der Waals surface area contributed by atoms with E-state index >= 15 is 0 Å². The Labute approximate surface area is 159 Å². The average molecular weight is 373 g/mol. The molecule has 2 unspecified atom stereocenters. The second-order valence-electron chi connectivity index (χ2n) is 6.56. The minimum Gasteiger partial charge on any atom is -0.374 e. The summed E-state index contributed by atoms with van der Waals surface area (Å²) in [7, 11) is 1.48. The second-order valence-corrected chi connectivity index (χ2v) is 6.56. The lowest BCUT2D eigenvalue weighted by Gasteiger charge is -2.18. The summed E-state index contributed by atoms with van der Waals surface area (Å²) in [6.07, 6.45) is 1.11. The molecule has 0 aliphatic carbocycles. The molecule has 1 heterocycles. The first-order chi connectivity index (χ1) is 12.8. The standard InChI is InChI=1S/C19H27N5O3/c1-12(2)24-17(9-10-20-24)23-18(25)13(3)21-15-7-6-8-16(11-15)22-19(26)14(4)27-5/h6-14,21H,1-5H3,(H,22,26)(H,23,25). The Balaban J connectivity index is 1.99. The zero-order valence-corrected chi connectivity index (χ0v) is 16.3. The molecule has 0 aliphatic rings. The molecule has 3 N–H and O–H groups in total. The second kappa shape index (κ2) is 9.18. The number of hydrogen-bond donors (Lipinski definition) is 3. The summed E-state index contributed by atoms with van der Waals surface area (Å²) < 4.78 is 6.75. The van der Waals surface area contributed by atoms with Gasteiger partial charge in [0.1, 0.15) is 18.0 Å². The third kappa shape index (κ3) is 5.55. The lowest BCUT2D eigenvalue weighted by Crippen LogP contribution is -2.32. The Bertz CT molecular complexity index is 787. The van der Waals surface area contributed by atoms with Gasteiger partial charge in [-0.1, -0.05) is 6.07 Å². The fourth-order valence-corrected chi connectivity index (χ4v) is 2.41. The molecule has 0 saturated carbocycles. The summed E-state index contributed by atoms with van der Waals surface area (Å²) in [4.78, 5) is 24.4. The van der Waals surface area contributed by atoms with Gasteiger partial charge in [0, 0.05) is 30.6 Å². The molecule has 2 amide bonds. The van der Waals surface area contributed by atoms with Crippen molar-refractivity contribution in [1.82, 2.24) is 9.78 Å². The smallest absolute Gasteiger partial charge is 0.253 e. The molecule has 0 aliphatic heterocycles. The summed E-state index contributed by atoms with van der Waals surface area (Å²) in [5.74, 6) is 0.237. The van der Waals surface area contributed by atoms with Crippen molar-refractivity contribution in [2.24, 2.45) is 0 Å². The fourth-order valence-electron chi connectivity index (χ4n) is 2.41. The van der Waals surface area contributed by atoms with Crippen molar-refractivity contribution < 1.29 is 14.3 Å². The number of carbonyl (C=O) groups excluding carboxylic acids is 2. The predicted octanol–water partition coefficient (Wildman–Crippen LogP) is 2.88. The van der Waals surface area contributed by atoms with Gasteiger partial charge in [0.25, 0.3) is 5.91 Å². The molecular weight excluding hydrogens is 346 g/mol. The van der Waals surface area contributed by atoms with Gasteiger partial charge in [-0.3, -0.25) is 9.59 Å². The van der Waals surface area contributed by atoms with Crippen LogP contribution in [0.15, 0.2) is 36.5 Å². The fraction of sp³-hybridized carbons (Fsp3) is 0.421. The third-order valence-corrected chi connectivity index (χ3v) is 4.04. The summed E-state index contributed by atoms with van der Waals surface area (Å²) in [5.41, 5.74) is 1.34. The average Bonchev–Trinajstić information content (AvgIpc) is 3.09. The van der Waals surface area contributed by atoms with Crippen LogP contribution in [0.25, 0.3) is 0 Å². The molecule has 1 aromatic heterocycles. The first kappa shape index (κ1) is 20.4. The van der Waals surface area contributed by atoms with Crippen LogP contribution in [0.2, 0.25) is 0 Å². The van der Waals surface area contributed by atoms with E-state index in [1.807, 2.05) is 19.9 Å². The molecule has 2 rings (SSSR count). The zero-order chi connectivity index (χ0) is 20.0. The number of ether oxygens (including phenoxy) is 1. The van der Waals surface area contributed by atoms with Crippen molar-refractivity contribution in [2.75, 3.05) is 23.1 Å². The van der Waals surface area contributed by atoms with Crippen LogP contribution >= 0.6 is 0 Å². The summed E-state index contributed by atoms with van der Waals surface area (Å²) >= 11 is 0. The van der Waals surface area contributed by atoms with E-state index in [1.165, 1.54) is 7.11 Å². The SMILES string of the molecule is COC(C)C(=O)Nc1cccc(NC(C)C(=O)Nc2ccnn2C(C)C)c1. The topological polar surface area (TPSA) is 97.3 Å². The number of nitrogens with one attached hydrogen (secondary N) is 3. The van der Waals surface area contributed by atoms with Gasteiger partial charge in [-0.2, -0.15) is 5.10 Å². The third-order valence-electron chi connectivity index (χ3n) is 4.04. The molecule has 1 aromatic carbocycles. The number of nitrogens with zero attached hydrogens (tertiary/aromatic N) is 2. The number of anilines is 3. The molecule has 27 heavy (non-hydrogen) atoms. The Morgan fingerprint density at radius 2 is 1.74 bits per heavy atom. The van der Waals surface area contributed by atoms with E-state index in [0.717, 1.165) is 5.69 Å². The highest BCUT2D eigenvalue weighted by Gasteiger charge is 2.16. The van der Waals surface area contributed by atoms with E-state index in [0.29, 0.717) is 11.5 Å². The highest BCUT2D eigenvalue weighted by Crippen LogP contribution is 2.18. The first-order valence-corrected chi connectivity index (χ1v) is 8.86. The van der Waals surface area contributed by atoms with Crippen LogP contribution in [0.5, 0.6) is 0 Å². The van der Waals surface area contributed by atoms with E-state index in [9.17, 15) is 9.59 Å². The Morgan fingerprint density at radius 1 is 1.04 bits per heavy atom. The minimum absolute atomic E-state index is 0.147. The van der Waals surface area contributed by atoms with Crippen molar-refractivity contribution in [1.29, 1.82) is 0 Å². The maximum absolute atomic E-state index is 12.5. The van der Waals surface area contributed by atoms with Crippen LogP contribution in [0, 0.1) is 0 Å². The summed E-state index contributed by atoms with van der Waals surface area (Å²) in [5, 5.41) is 13.0. The maximum atomic E-state index is 12.5. The molecule has 0 radical (unpaired) electrons. The summed E-state index contributed by atoms with van der Waals surface area (Å²) in [6, 6.07) is 8.60.